The Kier molecular flexibility index (Phi) is 5.98. The summed E-state index contributed by atoms with van der Waals surface area (Å²) in [6, 6.07) is 17.9. The van der Waals surface area contributed by atoms with Gasteiger partial charge >= 0.3 is 0 Å². The van der Waals surface area contributed by atoms with Crippen LogP contribution in [0, 0.1) is 0 Å². The van der Waals surface area contributed by atoms with Crippen molar-refractivity contribution < 1.29 is 9.53 Å². The second kappa shape index (κ2) is 8.80. The van der Waals surface area contributed by atoms with Crippen LogP contribution in [0.2, 0.25) is 0 Å². The maximum atomic E-state index is 12.0. The van der Waals surface area contributed by atoms with Crippen LogP contribution in [-0.4, -0.2) is 27.3 Å². The van der Waals surface area contributed by atoms with Crippen LogP contribution < -0.4 is 10.1 Å². The average Bonchev–Trinajstić information content (AvgIpc) is 3.15. The summed E-state index contributed by atoms with van der Waals surface area (Å²) in [5.74, 6) is 1.45. The minimum absolute atomic E-state index is 0.0761. The summed E-state index contributed by atoms with van der Waals surface area (Å²) >= 11 is 0. The van der Waals surface area contributed by atoms with E-state index in [1.165, 1.54) is 0 Å². The molecule has 0 bridgehead atoms. The maximum Gasteiger partial charge on any atom is 0.223 e. The van der Waals surface area contributed by atoms with Gasteiger partial charge in [0.05, 0.1) is 19.6 Å². The SMILES string of the molecule is CCn1cnnc1CNC(=O)CCOc1ccccc1-c1ccccc1. The Morgan fingerprint density at radius 1 is 1.12 bits per heavy atom. The zero-order valence-electron chi connectivity index (χ0n) is 14.8. The fraction of sp³-hybridized carbons (Fsp3) is 0.250. The highest BCUT2D eigenvalue weighted by Gasteiger charge is 2.08. The predicted molar refractivity (Wildman–Crippen MR) is 99.5 cm³/mol. The van der Waals surface area contributed by atoms with Gasteiger partial charge in [-0.25, -0.2) is 0 Å². The first-order valence-electron chi connectivity index (χ1n) is 8.68. The largest absolute Gasteiger partial charge is 0.492 e. The van der Waals surface area contributed by atoms with Crippen LogP contribution in [0.5, 0.6) is 5.75 Å². The van der Waals surface area contributed by atoms with Crippen LogP contribution in [0.25, 0.3) is 11.1 Å². The second-order valence-corrected chi connectivity index (χ2v) is 5.77. The van der Waals surface area contributed by atoms with Crippen molar-refractivity contribution >= 4 is 5.91 Å². The van der Waals surface area contributed by atoms with Crippen LogP contribution in [0.3, 0.4) is 0 Å². The van der Waals surface area contributed by atoms with E-state index in [1.54, 1.807) is 6.33 Å². The van der Waals surface area contributed by atoms with Gasteiger partial charge in [-0.2, -0.15) is 0 Å². The number of amides is 1. The Hall–Kier alpha value is -3.15. The van der Waals surface area contributed by atoms with Gasteiger partial charge in [-0.05, 0) is 18.6 Å². The van der Waals surface area contributed by atoms with E-state index in [-0.39, 0.29) is 12.3 Å². The molecule has 1 amide bonds. The molecule has 3 rings (SSSR count). The van der Waals surface area contributed by atoms with Crippen molar-refractivity contribution in [3.8, 4) is 16.9 Å². The summed E-state index contributed by atoms with van der Waals surface area (Å²) in [5, 5.41) is 10.7. The van der Waals surface area contributed by atoms with E-state index in [9.17, 15) is 4.79 Å². The molecular formula is C20H22N4O2. The van der Waals surface area contributed by atoms with Gasteiger partial charge < -0.3 is 14.6 Å². The monoisotopic (exact) mass is 350 g/mol. The van der Waals surface area contributed by atoms with Crippen molar-refractivity contribution in [2.75, 3.05) is 6.61 Å². The zero-order chi connectivity index (χ0) is 18.2. The molecule has 0 unspecified atom stereocenters. The molecule has 0 aliphatic carbocycles. The minimum atomic E-state index is -0.0761. The molecule has 6 heteroatoms. The van der Waals surface area contributed by atoms with E-state index in [4.69, 9.17) is 4.74 Å². The predicted octanol–water partition coefficient (Wildman–Crippen LogP) is 3.05. The molecule has 0 spiro atoms. The number of carbonyl (C=O) groups excluding carboxylic acids is 1. The molecule has 1 N–H and O–H groups in total. The fourth-order valence-electron chi connectivity index (χ4n) is 2.65. The van der Waals surface area contributed by atoms with Gasteiger partial charge in [0.25, 0.3) is 0 Å². The minimum Gasteiger partial charge on any atom is -0.492 e. The van der Waals surface area contributed by atoms with Gasteiger partial charge in [0, 0.05) is 12.1 Å². The lowest BCUT2D eigenvalue weighted by atomic mass is 10.1. The van der Waals surface area contributed by atoms with E-state index in [0.29, 0.717) is 13.2 Å². The molecule has 0 aliphatic rings. The van der Waals surface area contributed by atoms with Gasteiger partial charge in [-0.3, -0.25) is 4.79 Å². The van der Waals surface area contributed by atoms with Crippen molar-refractivity contribution in [1.82, 2.24) is 20.1 Å². The summed E-state index contributed by atoms with van der Waals surface area (Å²) in [6.07, 6.45) is 1.94. The fourth-order valence-corrected chi connectivity index (χ4v) is 2.65. The lowest BCUT2D eigenvalue weighted by Gasteiger charge is -2.12. The molecule has 1 aromatic heterocycles. The van der Waals surface area contributed by atoms with E-state index >= 15 is 0 Å². The van der Waals surface area contributed by atoms with E-state index in [0.717, 1.165) is 29.2 Å². The number of carbonyl (C=O) groups is 1. The molecule has 0 saturated heterocycles. The molecule has 0 aliphatic heterocycles. The van der Waals surface area contributed by atoms with E-state index in [2.05, 4.69) is 15.5 Å². The van der Waals surface area contributed by atoms with Crippen LogP contribution in [0.4, 0.5) is 0 Å². The Bertz CT molecular complexity index is 846. The number of nitrogens with zero attached hydrogens (tertiary/aromatic N) is 3. The number of ether oxygens (including phenoxy) is 1. The second-order valence-electron chi connectivity index (χ2n) is 5.77. The standard InChI is InChI=1S/C20H22N4O2/c1-2-24-15-22-23-19(24)14-21-20(25)12-13-26-18-11-7-6-10-17(18)16-8-4-3-5-9-16/h3-11,15H,2,12-14H2,1H3,(H,21,25). The van der Waals surface area contributed by atoms with Crippen molar-refractivity contribution in [2.45, 2.75) is 26.4 Å². The number of aromatic nitrogens is 3. The first kappa shape index (κ1) is 17.7. The van der Waals surface area contributed by atoms with Crippen molar-refractivity contribution in [3.05, 3.63) is 66.7 Å². The molecule has 134 valence electrons. The van der Waals surface area contributed by atoms with E-state index < -0.39 is 0 Å². The Labute approximate surface area is 152 Å². The molecule has 1 heterocycles. The highest BCUT2D eigenvalue weighted by molar-refractivity contribution is 5.76. The zero-order valence-corrected chi connectivity index (χ0v) is 14.8. The topological polar surface area (TPSA) is 69.0 Å². The normalized spacial score (nSPS) is 10.5. The quantitative estimate of drug-likeness (QED) is 0.678. The van der Waals surface area contributed by atoms with Crippen LogP contribution >= 0.6 is 0 Å². The Morgan fingerprint density at radius 2 is 1.88 bits per heavy atom. The number of nitrogens with one attached hydrogen (secondary N) is 1. The molecule has 0 radical (unpaired) electrons. The first-order chi connectivity index (χ1) is 12.8. The third-order valence-corrected chi connectivity index (χ3v) is 4.04. The van der Waals surface area contributed by atoms with Gasteiger partial charge in [0.15, 0.2) is 5.82 Å². The van der Waals surface area contributed by atoms with E-state index in [1.807, 2.05) is 66.1 Å². The smallest absolute Gasteiger partial charge is 0.223 e. The third kappa shape index (κ3) is 4.47. The maximum absolute atomic E-state index is 12.0. The molecule has 0 atom stereocenters. The van der Waals surface area contributed by atoms with Gasteiger partial charge in [0.2, 0.25) is 5.91 Å². The number of hydrogen-bond donors (Lipinski definition) is 1. The summed E-state index contributed by atoms with van der Waals surface area (Å²) in [7, 11) is 0. The summed E-state index contributed by atoms with van der Waals surface area (Å²) in [5.41, 5.74) is 2.11. The molecular weight excluding hydrogens is 328 g/mol. The molecule has 2 aromatic carbocycles. The van der Waals surface area contributed by atoms with Crippen molar-refractivity contribution in [2.24, 2.45) is 0 Å². The molecule has 0 fully saturated rings. The Balaban J connectivity index is 1.51. The summed E-state index contributed by atoms with van der Waals surface area (Å²) < 4.78 is 7.75. The van der Waals surface area contributed by atoms with Crippen LogP contribution in [-0.2, 0) is 17.9 Å². The molecule has 0 saturated carbocycles. The lowest BCUT2D eigenvalue weighted by Crippen LogP contribution is -2.26. The van der Waals surface area contributed by atoms with Gasteiger partial charge in [-0.15, -0.1) is 10.2 Å². The molecule has 3 aromatic rings. The Morgan fingerprint density at radius 3 is 2.69 bits per heavy atom. The van der Waals surface area contributed by atoms with Crippen LogP contribution in [0.15, 0.2) is 60.9 Å². The summed E-state index contributed by atoms with van der Waals surface area (Å²) in [4.78, 5) is 12.0. The number of benzene rings is 2. The number of hydrogen-bond acceptors (Lipinski definition) is 4. The number of rotatable bonds is 8. The highest BCUT2D eigenvalue weighted by atomic mass is 16.5. The highest BCUT2D eigenvalue weighted by Crippen LogP contribution is 2.29. The van der Waals surface area contributed by atoms with Crippen LogP contribution in [0.1, 0.15) is 19.2 Å². The summed E-state index contributed by atoms with van der Waals surface area (Å²) in [6.45, 7) is 3.47. The first-order valence-corrected chi connectivity index (χ1v) is 8.68. The molecule has 26 heavy (non-hydrogen) atoms. The number of para-hydroxylation sites is 1. The van der Waals surface area contributed by atoms with Gasteiger partial charge in [-0.1, -0.05) is 48.5 Å². The third-order valence-electron chi connectivity index (χ3n) is 4.04. The van der Waals surface area contributed by atoms with Crippen molar-refractivity contribution in [3.63, 3.8) is 0 Å². The van der Waals surface area contributed by atoms with Crippen molar-refractivity contribution in [1.29, 1.82) is 0 Å². The lowest BCUT2D eigenvalue weighted by molar-refractivity contribution is -0.121. The number of aryl methyl sites for hydroxylation is 1. The average molecular weight is 350 g/mol. The van der Waals surface area contributed by atoms with Gasteiger partial charge in [0.1, 0.15) is 12.1 Å². The molecule has 6 nitrogen and oxygen atoms in total.